The Morgan fingerprint density at radius 3 is 1.67 bits per heavy atom. The van der Waals surface area contributed by atoms with Gasteiger partial charge in [-0.25, -0.2) is 9.97 Å². The van der Waals surface area contributed by atoms with Gasteiger partial charge in [0.2, 0.25) is 0 Å². The Labute approximate surface area is 334 Å². The van der Waals surface area contributed by atoms with Gasteiger partial charge in [0.15, 0.2) is 5.82 Å². The van der Waals surface area contributed by atoms with Crippen molar-refractivity contribution >= 4 is 33.7 Å². The third-order valence-corrected chi connectivity index (χ3v) is 12.9. The van der Waals surface area contributed by atoms with Gasteiger partial charge >= 0.3 is 0 Å². The van der Waals surface area contributed by atoms with Gasteiger partial charge in [0, 0.05) is 42.8 Å². The number of nitrogens with zero attached hydrogens (tertiary/aromatic N) is 2. The summed E-state index contributed by atoms with van der Waals surface area (Å²) in [5.41, 5.74) is 16.0. The van der Waals surface area contributed by atoms with E-state index >= 15 is 0 Å². The molecule has 0 radical (unpaired) electrons. The van der Waals surface area contributed by atoms with Crippen LogP contribution in [0.3, 0.4) is 0 Å². The molecule has 2 aromatic heterocycles. The number of aromatic nitrogens is 2. The van der Waals surface area contributed by atoms with E-state index in [2.05, 4.69) is 170 Å². The second kappa shape index (κ2) is 12.5. The van der Waals surface area contributed by atoms with Gasteiger partial charge in [0.25, 0.3) is 0 Å². The molecular weight excluding hydrogens is 713 g/mol. The highest BCUT2D eigenvalue weighted by Gasteiger charge is 2.51. The van der Waals surface area contributed by atoms with Crippen molar-refractivity contribution in [3.63, 3.8) is 0 Å². The van der Waals surface area contributed by atoms with Crippen LogP contribution in [-0.2, 0) is 5.41 Å². The average molecular weight is 745 g/mol. The molecule has 12 rings (SSSR count). The van der Waals surface area contributed by atoms with Crippen LogP contribution in [0.15, 0.2) is 208 Å². The fraction of sp³-hybridized carbons (Fsp3) is 0.0189. The maximum atomic E-state index is 6.91. The average Bonchev–Trinajstić information content (AvgIpc) is 3.81. The zero-order valence-corrected chi connectivity index (χ0v) is 31.5. The molecule has 1 spiro atoms. The summed E-state index contributed by atoms with van der Waals surface area (Å²) in [6.45, 7) is 0. The summed E-state index contributed by atoms with van der Waals surface area (Å²) in [5.74, 6) is 0.703. The van der Waals surface area contributed by atoms with E-state index in [9.17, 15) is 0 Å². The lowest BCUT2D eigenvalue weighted by Gasteiger charge is -2.39. The molecule has 4 heteroatoms. The fourth-order valence-electron chi connectivity index (χ4n) is 9.33. The third kappa shape index (κ3) is 4.74. The lowest BCUT2D eigenvalue weighted by molar-refractivity contribution is 0.669. The number of rotatable bonds is 4. The predicted molar refractivity (Wildman–Crippen MR) is 232 cm³/mol. The molecule has 2 aliphatic rings. The summed E-state index contributed by atoms with van der Waals surface area (Å²) in [4.78, 5) is 12.7. The molecule has 0 fully saturated rings. The van der Waals surface area contributed by atoms with Crippen molar-refractivity contribution in [1.29, 1.82) is 0 Å². The first-order valence-electron chi connectivity index (χ1n) is 19.3. The molecule has 1 aliphatic heterocycles. The Kier molecular flexibility index (Phi) is 7.08. The highest BCUT2D eigenvalue weighted by atomic mass is 32.2. The Balaban J connectivity index is 1.11. The molecule has 0 atom stereocenters. The first kappa shape index (κ1) is 32.3. The molecular formula is C53H32N2OS. The summed E-state index contributed by atoms with van der Waals surface area (Å²) in [5, 5.41) is 2.29. The molecule has 266 valence electrons. The Bertz CT molecular complexity index is 3100. The van der Waals surface area contributed by atoms with Crippen LogP contribution in [0, 0.1) is 0 Å². The number of furan rings is 1. The standard InChI is InChI=1S/C53H32N2OS/c1-3-15-34(16-4-1)44-32-45(55-52(54-44)36-17-5-2-6-18-36)35-29-27-33(28-30-35)39-31-43-49(50-38-20-8-12-24-46(38)56-51(39)50)37-19-7-9-21-40(37)53(43)41-22-10-13-25-47(41)57-48-26-14-11-23-42(48)53/h1-32H. The van der Waals surface area contributed by atoms with Crippen molar-refractivity contribution in [2.45, 2.75) is 15.2 Å². The minimum Gasteiger partial charge on any atom is -0.455 e. The third-order valence-electron chi connectivity index (χ3n) is 11.8. The van der Waals surface area contributed by atoms with Gasteiger partial charge in [-0.3, -0.25) is 0 Å². The monoisotopic (exact) mass is 744 g/mol. The van der Waals surface area contributed by atoms with Crippen LogP contribution >= 0.6 is 11.8 Å². The zero-order chi connectivity index (χ0) is 37.5. The summed E-state index contributed by atoms with van der Waals surface area (Å²) in [7, 11) is 0. The van der Waals surface area contributed by atoms with Gasteiger partial charge in [-0.15, -0.1) is 0 Å². The molecule has 0 unspecified atom stereocenters. The highest BCUT2D eigenvalue weighted by Crippen LogP contribution is 2.64. The van der Waals surface area contributed by atoms with Crippen molar-refractivity contribution in [1.82, 2.24) is 9.97 Å². The van der Waals surface area contributed by atoms with Crippen molar-refractivity contribution in [2.24, 2.45) is 0 Å². The predicted octanol–water partition coefficient (Wildman–Crippen LogP) is 13.9. The molecule has 8 aromatic carbocycles. The van der Waals surface area contributed by atoms with Crippen LogP contribution in [0.1, 0.15) is 22.3 Å². The van der Waals surface area contributed by atoms with Gasteiger partial charge in [-0.05, 0) is 69.3 Å². The largest absolute Gasteiger partial charge is 0.455 e. The lowest BCUT2D eigenvalue weighted by atomic mass is 9.67. The van der Waals surface area contributed by atoms with E-state index < -0.39 is 5.41 Å². The molecule has 3 heterocycles. The van der Waals surface area contributed by atoms with Crippen molar-refractivity contribution < 1.29 is 4.42 Å². The summed E-state index contributed by atoms with van der Waals surface area (Å²) >= 11 is 1.87. The molecule has 10 aromatic rings. The SMILES string of the molecule is c1ccc(-c2cc(-c3ccc(-c4cc5c(c6c4oc4ccccc46)-c4ccccc4C54c5ccccc5Sc5ccccc54)cc3)nc(-c3ccccc3)n2)cc1. The van der Waals surface area contributed by atoms with Gasteiger partial charge < -0.3 is 4.42 Å². The summed E-state index contributed by atoms with van der Waals surface area (Å²) in [6, 6.07) is 69.4. The Morgan fingerprint density at radius 2 is 0.965 bits per heavy atom. The van der Waals surface area contributed by atoms with E-state index in [-0.39, 0.29) is 0 Å². The number of fused-ring (bicyclic) bond motifs is 13. The molecule has 0 saturated carbocycles. The quantitative estimate of drug-likeness (QED) is 0.180. The Morgan fingerprint density at radius 1 is 0.421 bits per heavy atom. The van der Waals surface area contributed by atoms with E-state index in [0.29, 0.717) is 5.82 Å². The number of para-hydroxylation sites is 1. The number of hydrogen-bond donors (Lipinski definition) is 0. The zero-order valence-electron chi connectivity index (χ0n) is 30.7. The molecule has 57 heavy (non-hydrogen) atoms. The minimum atomic E-state index is -0.506. The fourth-order valence-corrected chi connectivity index (χ4v) is 10.5. The second-order valence-corrected chi connectivity index (χ2v) is 15.9. The maximum Gasteiger partial charge on any atom is 0.160 e. The van der Waals surface area contributed by atoms with Crippen molar-refractivity contribution in [2.75, 3.05) is 0 Å². The number of benzene rings is 8. The van der Waals surface area contributed by atoms with E-state index in [1.807, 2.05) is 36.0 Å². The first-order valence-corrected chi connectivity index (χ1v) is 20.1. The summed E-state index contributed by atoms with van der Waals surface area (Å²) in [6.07, 6.45) is 0. The van der Waals surface area contributed by atoms with E-state index in [4.69, 9.17) is 14.4 Å². The van der Waals surface area contributed by atoms with E-state index in [0.717, 1.165) is 61.1 Å². The molecule has 0 N–H and O–H groups in total. The van der Waals surface area contributed by atoms with E-state index in [1.165, 1.54) is 43.2 Å². The van der Waals surface area contributed by atoms with Gasteiger partial charge in [-0.2, -0.15) is 0 Å². The van der Waals surface area contributed by atoms with Crippen LogP contribution in [0.2, 0.25) is 0 Å². The van der Waals surface area contributed by atoms with Crippen molar-refractivity contribution in [3.05, 3.63) is 216 Å². The Hall–Kier alpha value is -7.01. The minimum absolute atomic E-state index is 0.506. The van der Waals surface area contributed by atoms with Crippen LogP contribution in [0.5, 0.6) is 0 Å². The molecule has 0 bridgehead atoms. The lowest BCUT2D eigenvalue weighted by Crippen LogP contribution is -2.32. The smallest absolute Gasteiger partial charge is 0.160 e. The van der Waals surface area contributed by atoms with E-state index in [1.54, 1.807) is 0 Å². The topological polar surface area (TPSA) is 38.9 Å². The molecule has 3 nitrogen and oxygen atoms in total. The summed E-state index contributed by atoms with van der Waals surface area (Å²) < 4.78 is 6.91. The van der Waals surface area contributed by atoms with Gasteiger partial charge in [0.05, 0.1) is 16.8 Å². The first-order chi connectivity index (χ1) is 28.3. The molecule has 1 aliphatic carbocycles. The van der Waals surface area contributed by atoms with Crippen molar-refractivity contribution in [3.8, 4) is 56.2 Å². The number of hydrogen-bond acceptors (Lipinski definition) is 4. The van der Waals surface area contributed by atoms with Gasteiger partial charge in [0.1, 0.15) is 11.2 Å². The second-order valence-electron chi connectivity index (χ2n) is 14.8. The van der Waals surface area contributed by atoms with Crippen LogP contribution in [0.25, 0.3) is 78.1 Å². The normalized spacial score (nSPS) is 13.3. The highest BCUT2D eigenvalue weighted by molar-refractivity contribution is 7.99. The van der Waals surface area contributed by atoms with Gasteiger partial charge in [-0.1, -0.05) is 176 Å². The molecule has 0 saturated heterocycles. The van der Waals surface area contributed by atoms with Crippen LogP contribution in [0.4, 0.5) is 0 Å². The molecule has 0 amide bonds. The maximum absolute atomic E-state index is 6.91. The van der Waals surface area contributed by atoms with Crippen LogP contribution < -0.4 is 0 Å². The van der Waals surface area contributed by atoms with Crippen LogP contribution in [-0.4, -0.2) is 9.97 Å².